The highest BCUT2D eigenvalue weighted by molar-refractivity contribution is 5.93. The molecule has 1 unspecified atom stereocenters. The van der Waals surface area contributed by atoms with E-state index in [-0.39, 0.29) is 24.2 Å². The van der Waals surface area contributed by atoms with E-state index in [0.29, 0.717) is 23.6 Å². The topological polar surface area (TPSA) is 82.2 Å². The molecule has 0 spiro atoms. The summed E-state index contributed by atoms with van der Waals surface area (Å²) in [5.41, 5.74) is 2.65. The van der Waals surface area contributed by atoms with Crippen LogP contribution in [0.5, 0.6) is 5.75 Å². The molecular weight excluding hydrogens is 363 g/mol. The molecule has 7 nitrogen and oxygen atoms in total. The minimum Gasteiger partial charge on any atom is -0.489 e. The molecule has 0 bridgehead atoms. The third-order valence-electron chi connectivity index (χ3n) is 4.31. The Bertz CT molecular complexity index is 980. The van der Waals surface area contributed by atoms with E-state index in [1.165, 1.54) is 12.1 Å². The molecule has 8 heteroatoms. The third-order valence-corrected chi connectivity index (χ3v) is 4.31. The highest BCUT2D eigenvalue weighted by Crippen LogP contribution is 2.19. The summed E-state index contributed by atoms with van der Waals surface area (Å²) >= 11 is 0. The first kappa shape index (κ1) is 19.6. The zero-order valence-electron chi connectivity index (χ0n) is 16.3. The zero-order chi connectivity index (χ0) is 20.3. The van der Waals surface area contributed by atoms with Crippen LogP contribution in [0.15, 0.2) is 34.9 Å². The molecule has 0 fully saturated rings. The van der Waals surface area contributed by atoms with Gasteiger partial charge in [-0.2, -0.15) is 5.10 Å². The number of benzene rings is 1. The number of nitrogens with one attached hydrogen (secondary N) is 1. The Labute approximate surface area is 162 Å². The lowest BCUT2D eigenvalue weighted by Crippen LogP contribution is -2.36. The number of aryl methyl sites for hydroxylation is 3. The van der Waals surface area contributed by atoms with Crippen molar-refractivity contribution in [1.82, 2.24) is 20.3 Å². The molecule has 0 aliphatic rings. The van der Waals surface area contributed by atoms with Crippen molar-refractivity contribution in [2.24, 2.45) is 0 Å². The minimum atomic E-state index is -0.393. The molecule has 3 rings (SSSR count). The number of carbonyl (C=O) groups excluding carboxylic acids is 1. The van der Waals surface area contributed by atoms with Gasteiger partial charge in [0.05, 0.1) is 17.8 Å². The maximum absolute atomic E-state index is 13.3. The number of aromatic nitrogens is 3. The standard InChI is InChI=1S/C20H23FN4O3/c1-12-8-14(3)25(23-12)10-13(2)22-20(26)19-18(15(4)28-24-19)11-27-17-7-5-6-16(21)9-17/h5-9,13H,10-11H2,1-4H3,(H,22,26). The fourth-order valence-electron chi connectivity index (χ4n) is 2.91. The molecule has 1 aromatic carbocycles. The van der Waals surface area contributed by atoms with E-state index in [1.807, 2.05) is 31.5 Å². The molecule has 1 amide bonds. The first-order valence-electron chi connectivity index (χ1n) is 8.99. The highest BCUT2D eigenvalue weighted by Gasteiger charge is 2.22. The second-order valence-electron chi connectivity index (χ2n) is 6.80. The van der Waals surface area contributed by atoms with Crippen LogP contribution in [0.1, 0.15) is 40.1 Å². The summed E-state index contributed by atoms with van der Waals surface area (Å²) in [6, 6.07) is 7.62. The first-order valence-corrected chi connectivity index (χ1v) is 8.99. The van der Waals surface area contributed by atoms with Gasteiger partial charge in [0.15, 0.2) is 5.69 Å². The van der Waals surface area contributed by atoms with Crippen molar-refractivity contribution in [3.8, 4) is 5.75 Å². The van der Waals surface area contributed by atoms with Crippen molar-refractivity contribution < 1.29 is 18.4 Å². The van der Waals surface area contributed by atoms with Gasteiger partial charge in [-0.3, -0.25) is 9.48 Å². The van der Waals surface area contributed by atoms with Crippen molar-refractivity contribution >= 4 is 5.91 Å². The van der Waals surface area contributed by atoms with Gasteiger partial charge in [-0.15, -0.1) is 0 Å². The van der Waals surface area contributed by atoms with Crippen molar-refractivity contribution in [2.75, 3.05) is 0 Å². The maximum Gasteiger partial charge on any atom is 0.274 e. The van der Waals surface area contributed by atoms with Crippen LogP contribution in [0.2, 0.25) is 0 Å². The number of hydrogen-bond donors (Lipinski definition) is 1. The summed E-state index contributed by atoms with van der Waals surface area (Å²) in [7, 11) is 0. The van der Waals surface area contributed by atoms with Crippen LogP contribution in [0, 0.1) is 26.6 Å². The zero-order valence-corrected chi connectivity index (χ0v) is 16.3. The average molecular weight is 386 g/mol. The van der Waals surface area contributed by atoms with Gasteiger partial charge in [0.1, 0.15) is 23.9 Å². The number of nitrogens with zero attached hydrogens (tertiary/aromatic N) is 3. The Balaban J connectivity index is 1.66. The Morgan fingerprint density at radius 2 is 2.11 bits per heavy atom. The lowest BCUT2D eigenvalue weighted by atomic mass is 10.2. The largest absolute Gasteiger partial charge is 0.489 e. The summed E-state index contributed by atoms with van der Waals surface area (Å²) in [6.07, 6.45) is 0. The van der Waals surface area contributed by atoms with Crippen LogP contribution in [-0.4, -0.2) is 26.9 Å². The molecule has 148 valence electrons. The van der Waals surface area contributed by atoms with Crippen LogP contribution >= 0.6 is 0 Å². The van der Waals surface area contributed by atoms with Crippen LogP contribution < -0.4 is 10.1 Å². The van der Waals surface area contributed by atoms with E-state index in [2.05, 4.69) is 15.6 Å². The summed E-state index contributed by atoms with van der Waals surface area (Å²) in [5, 5.41) is 11.2. The predicted octanol–water partition coefficient (Wildman–Crippen LogP) is 3.33. The monoisotopic (exact) mass is 386 g/mol. The van der Waals surface area contributed by atoms with Crippen LogP contribution in [0.3, 0.4) is 0 Å². The summed E-state index contributed by atoms with van der Waals surface area (Å²) in [6.45, 7) is 8.08. The quantitative estimate of drug-likeness (QED) is 0.673. The van der Waals surface area contributed by atoms with Crippen LogP contribution in [0.25, 0.3) is 0 Å². The number of hydrogen-bond acceptors (Lipinski definition) is 5. The van der Waals surface area contributed by atoms with Crippen molar-refractivity contribution in [2.45, 2.75) is 46.9 Å². The molecular formula is C20H23FN4O3. The Morgan fingerprint density at radius 3 is 2.79 bits per heavy atom. The van der Waals surface area contributed by atoms with Crippen molar-refractivity contribution in [3.05, 3.63) is 64.6 Å². The lowest BCUT2D eigenvalue weighted by Gasteiger charge is -2.15. The van der Waals surface area contributed by atoms with Gasteiger partial charge in [0.25, 0.3) is 5.91 Å². The molecule has 1 atom stereocenters. The SMILES string of the molecule is Cc1cc(C)n(CC(C)NC(=O)c2noc(C)c2COc2cccc(F)c2)n1. The normalized spacial score (nSPS) is 12.0. The molecule has 0 aliphatic heterocycles. The number of ether oxygens (including phenoxy) is 1. The van der Waals surface area contributed by atoms with Gasteiger partial charge in [0, 0.05) is 17.8 Å². The minimum absolute atomic E-state index is 0.0490. The number of halogens is 1. The molecule has 0 radical (unpaired) electrons. The fourth-order valence-corrected chi connectivity index (χ4v) is 2.91. The smallest absolute Gasteiger partial charge is 0.274 e. The van der Waals surface area contributed by atoms with Crippen LogP contribution in [-0.2, 0) is 13.2 Å². The van der Waals surface area contributed by atoms with E-state index in [0.717, 1.165) is 11.4 Å². The van der Waals surface area contributed by atoms with Gasteiger partial charge in [-0.25, -0.2) is 4.39 Å². The third kappa shape index (κ3) is 4.57. The van der Waals surface area contributed by atoms with Crippen molar-refractivity contribution in [1.29, 1.82) is 0 Å². The lowest BCUT2D eigenvalue weighted by molar-refractivity contribution is 0.0924. The predicted molar refractivity (Wildman–Crippen MR) is 101 cm³/mol. The molecule has 2 aromatic heterocycles. The van der Waals surface area contributed by atoms with E-state index >= 15 is 0 Å². The number of rotatable bonds is 7. The van der Waals surface area contributed by atoms with Crippen molar-refractivity contribution in [3.63, 3.8) is 0 Å². The number of carbonyl (C=O) groups is 1. The summed E-state index contributed by atoms with van der Waals surface area (Å²) < 4.78 is 25.9. The fraction of sp³-hybridized carbons (Fsp3) is 0.350. The van der Waals surface area contributed by atoms with E-state index in [1.54, 1.807) is 19.1 Å². The summed E-state index contributed by atoms with van der Waals surface area (Å²) in [4.78, 5) is 12.7. The van der Waals surface area contributed by atoms with Gasteiger partial charge in [-0.05, 0) is 45.9 Å². The molecule has 1 N–H and O–H groups in total. The second-order valence-corrected chi connectivity index (χ2v) is 6.80. The van der Waals surface area contributed by atoms with E-state index in [9.17, 15) is 9.18 Å². The molecule has 0 saturated heterocycles. The molecule has 2 heterocycles. The maximum atomic E-state index is 13.3. The van der Waals surface area contributed by atoms with Gasteiger partial charge >= 0.3 is 0 Å². The van der Waals surface area contributed by atoms with Gasteiger partial charge in [-0.1, -0.05) is 11.2 Å². The molecule has 3 aromatic rings. The Kier molecular flexibility index (Phi) is 5.77. The van der Waals surface area contributed by atoms with Gasteiger partial charge in [0.2, 0.25) is 0 Å². The first-order chi connectivity index (χ1) is 13.3. The van der Waals surface area contributed by atoms with Crippen LogP contribution in [0.4, 0.5) is 4.39 Å². The molecule has 0 saturated carbocycles. The Morgan fingerprint density at radius 1 is 1.32 bits per heavy atom. The van der Waals surface area contributed by atoms with Gasteiger partial charge < -0.3 is 14.6 Å². The van der Waals surface area contributed by atoms with E-state index < -0.39 is 5.82 Å². The molecule has 0 aliphatic carbocycles. The Hall–Kier alpha value is -3.16. The molecule has 28 heavy (non-hydrogen) atoms. The number of amides is 1. The average Bonchev–Trinajstić information content (AvgIpc) is 3.14. The second kappa shape index (κ2) is 8.24. The van der Waals surface area contributed by atoms with E-state index in [4.69, 9.17) is 9.26 Å². The highest BCUT2D eigenvalue weighted by atomic mass is 19.1. The summed E-state index contributed by atoms with van der Waals surface area (Å²) in [5.74, 6) is 0.0943.